The quantitative estimate of drug-likeness (QED) is 0.819. The molecule has 86 valence electrons. The molecule has 0 aliphatic rings. The van der Waals surface area contributed by atoms with E-state index in [1.807, 2.05) is 19.1 Å². The Bertz CT molecular complexity index is 389. The Kier molecular flexibility index (Phi) is 5.33. The molecule has 0 fully saturated rings. The second-order valence-electron chi connectivity index (χ2n) is 3.60. The van der Waals surface area contributed by atoms with Crippen LogP contribution in [0.3, 0.4) is 0 Å². The van der Waals surface area contributed by atoms with Crippen LogP contribution in [0.15, 0.2) is 21.1 Å². The van der Waals surface area contributed by atoms with Gasteiger partial charge in [0.15, 0.2) is 0 Å². The fraction of sp³-hybridized carbons (Fsp3) is 0.333. The van der Waals surface area contributed by atoms with E-state index >= 15 is 0 Å². The van der Waals surface area contributed by atoms with Gasteiger partial charge in [-0.25, -0.2) is 0 Å². The molecule has 1 aromatic carbocycles. The first-order chi connectivity index (χ1) is 7.54. The first-order valence-corrected chi connectivity index (χ1v) is 6.47. The third kappa shape index (κ3) is 3.82. The molecule has 0 aliphatic heterocycles. The molecule has 0 heterocycles. The van der Waals surface area contributed by atoms with Gasteiger partial charge in [-0.2, -0.15) is 0 Å². The van der Waals surface area contributed by atoms with Crippen molar-refractivity contribution < 1.29 is 5.11 Å². The summed E-state index contributed by atoms with van der Waals surface area (Å²) in [6, 6.07) is 4.06. The Morgan fingerprint density at radius 1 is 1.44 bits per heavy atom. The molecule has 0 radical (unpaired) electrons. The molecule has 0 aliphatic carbocycles. The van der Waals surface area contributed by atoms with Crippen molar-refractivity contribution in [3.05, 3.63) is 26.6 Å². The van der Waals surface area contributed by atoms with Gasteiger partial charge in [0.25, 0.3) is 0 Å². The Hall–Kier alpha value is -0.500. The number of rotatable bonds is 4. The lowest BCUT2D eigenvalue weighted by atomic mass is 10.2. The largest absolute Gasteiger partial charge is 0.506 e. The van der Waals surface area contributed by atoms with E-state index in [-0.39, 0.29) is 11.8 Å². The van der Waals surface area contributed by atoms with Gasteiger partial charge in [-0.3, -0.25) is 0 Å². The van der Waals surface area contributed by atoms with Gasteiger partial charge in [-0.05, 0) is 56.5 Å². The maximum absolute atomic E-state index is 9.55. The van der Waals surface area contributed by atoms with Gasteiger partial charge in [-0.15, -0.1) is 12.3 Å². The van der Waals surface area contributed by atoms with Gasteiger partial charge < -0.3 is 10.4 Å². The molecule has 0 saturated carbocycles. The van der Waals surface area contributed by atoms with E-state index in [1.165, 1.54) is 0 Å². The fourth-order valence-corrected chi connectivity index (χ4v) is 2.54. The van der Waals surface area contributed by atoms with Gasteiger partial charge >= 0.3 is 0 Å². The second-order valence-corrected chi connectivity index (χ2v) is 5.31. The van der Waals surface area contributed by atoms with Crippen molar-refractivity contribution in [3.63, 3.8) is 0 Å². The third-order valence-electron chi connectivity index (χ3n) is 2.16. The Morgan fingerprint density at radius 3 is 2.50 bits per heavy atom. The summed E-state index contributed by atoms with van der Waals surface area (Å²) in [5.41, 5.74) is 1.08. The fourth-order valence-electron chi connectivity index (χ4n) is 1.26. The minimum absolute atomic E-state index is 0.223. The number of hydrogen-bond donors (Lipinski definition) is 2. The van der Waals surface area contributed by atoms with E-state index < -0.39 is 0 Å². The summed E-state index contributed by atoms with van der Waals surface area (Å²) in [7, 11) is 0. The molecule has 16 heavy (non-hydrogen) atoms. The summed E-state index contributed by atoms with van der Waals surface area (Å²) < 4.78 is 1.37. The monoisotopic (exact) mass is 345 g/mol. The van der Waals surface area contributed by atoms with Gasteiger partial charge in [0.1, 0.15) is 5.75 Å². The van der Waals surface area contributed by atoms with E-state index in [0.717, 1.165) is 12.1 Å². The van der Waals surface area contributed by atoms with Crippen LogP contribution in [0.2, 0.25) is 0 Å². The maximum atomic E-state index is 9.55. The Morgan fingerprint density at radius 2 is 2.00 bits per heavy atom. The van der Waals surface area contributed by atoms with Crippen molar-refractivity contribution in [2.45, 2.75) is 25.9 Å². The average Bonchev–Trinajstić information content (AvgIpc) is 2.23. The lowest BCUT2D eigenvalue weighted by molar-refractivity contribution is 0.467. The number of phenols is 1. The highest BCUT2D eigenvalue weighted by atomic mass is 79.9. The predicted octanol–water partition coefficient (Wildman–Crippen LogP) is 3.42. The third-order valence-corrected chi connectivity index (χ3v) is 3.36. The highest BCUT2D eigenvalue weighted by molar-refractivity contribution is 9.11. The van der Waals surface area contributed by atoms with Crippen LogP contribution in [0.1, 0.15) is 18.9 Å². The molecule has 1 unspecified atom stereocenters. The summed E-state index contributed by atoms with van der Waals surface area (Å²) >= 11 is 6.59. The smallest absolute Gasteiger partial charge is 0.143 e. The first kappa shape index (κ1) is 13.6. The van der Waals surface area contributed by atoms with Crippen LogP contribution in [-0.4, -0.2) is 11.1 Å². The van der Waals surface area contributed by atoms with Crippen LogP contribution in [0.25, 0.3) is 0 Å². The molecule has 1 atom stereocenters. The molecule has 0 aromatic heterocycles. The minimum atomic E-state index is 0.223. The van der Waals surface area contributed by atoms with Gasteiger partial charge in [0, 0.05) is 19.0 Å². The topological polar surface area (TPSA) is 32.3 Å². The zero-order valence-electron chi connectivity index (χ0n) is 8.93. The van der Waals surface area contributed by atoms with E-state index in [0.29, 0.717) is 15.4 Å². The van der Waals surface area contributed by atoms with Crippen molar-refractivity contribution >= 4 is 31.9 Å². The van der Waals surface area contributed by atoms with Crippen molar-refractivity contribution in [1.29, 1.82) is 0 Å². The molecule has 0 spiro atoms. The molecule has 1 aromatic rings. The van der Waals surface area contributed by atoms with Crippen LogP contribution in [0.5, 0.6) is 5.75 Å². The van der Waals surface area contributed by atoms with E-state index in [1.54, 1.807) is 0 Å². The molecular weight excluding hydrogens is 334 g/mol. The Balaban J connectivity index is 2.65. The summed E-state index contributed by atoms with van der Waals surface area (Å²) in [6.07, 6.45) is 5.94. The van der Waals surface area contributed by atoms with Gasteiger partial charge in [0.2, 0.25) is 0 Å². The number of halogens is 2. The van der Waals surface area contributed by atoms with Crippen LogP contribution in [0.4, 0.5) is 0 Å². The lowest BCUT2D eigenvalue weighted by Crippen LogP contribution is -2.24. The van der Waals surface area contributed by atoms with Crippen molar-refractivity contribution in [2.75, 3.05) is 0 Å². The van der Waals surface area contributed by atoms with Crippen LogP contribution in [0, 0.1) is 12.3 Å². The number of benzene rings is 1. The van der Waals surface area contributed by atoms with Crippen LogP contribution >= 0.6 is 31.9 Å². The van der Waals surface area contributed by atoms with E-state index in [2.05, 4.69) is 43.1 Å². The molecule has 0 amide bonds. The number of nitrogens with one attached hydrogen (secondary N) is 1. The maximum Gasteiger partial charge on any atom is 0.143 e. The normalized spacial score (nSPS) is 12.1. The lowest BCUT2D eigenvalue weighted by Gasteiger charge is -2.12. The SMILES string of the molecule is C#CCC(C)NCc1cc(Br)c(O)c(Br)c1. The predicted molar refractivity (Wildman–Crippen MR) is 73.3 cm³/mol. The van der Waals surface area contributed by atoms with Gasteiger partial charge in [0.05, 0.1) is 8.95 Å². The van der Waals surface area contributed by atoms with E-state index in [9.17, 15) is 5.11 Å². The molecule has 4 heteroatoms. The van der Waals surface area contributed by atoms with Crippen molar-refractivity contribution in [3.8, 4) is 18.1 Å². The Labute approximate surface area is 113 Å². The summed E-state index contributed by atoms with van der Waals surface area (Å²) in [5.74, 6) is 2.84. The summed E-state index contributed by atoms with van der Waals surface area (Å²) in [5, 5.41) is 12.9. The number of phenolic OH excluding ortho intramolecular Hbond substituents is 1. The zero-order valence-corrected chi connectivity index (χ0v) is 12.1. The molecule has 0 bridgehead atoms. The average molecular weight is 347 g/mol. The highest BCUT2D eigenvalue weighted by Gasteiger charge is 2.06. The molecule has 1 rings (SSSR count). The van der Waals surface area contributed by atoms with Crippen molar-refractivity contribution in [2.24, 2.45) is 0 Å². The molecular formula is C12H13Br2NO. The van der Waals surface area contributed by atoms with Crippen molar-refractivity contribution in [1.82, 2.24) is 5.32 Å². The highest BCUT2D eigenvalue weighted by Crippen LogP contribution is 2.33. The standard InChI is InChI=1S/C12H13Br2NO/c1-3-4-8(2)15-7-9-5-10(13)12(16)11(14)6-9/h1,5-6,8,15-16H,4,7H2,2H3. The van der Waals surface area contributed by atoms with E-state index in [4.69, 9.17) is 6.42 Å². The summed E-state index contributed by atoms with van der Waals surface area (Å²) in [4.78, 5) is 0. The zero-order chi connectivity index (χ0) is 12.1. The minimum Gasteiger partial charge on any atom is -0.506 e. The summed E-state index contributed by atoms with van der Waals surface area (Å²) in [6.45, 7) is 2.77. The number of aromatic hydroxyl groups is 1. The molecule has 2 N–H and O–H groups in total. The molecule has 0 saturated heterocycles. The molecule has 2 nitrogen and oxygen atoms in total. The van der Waals surface area contributed by atoms with Gasteiger partial charge in [-0.1, -0.05) is 0 Å². The number of hydrogen-bond acceptors (Lipinski definition) is 2. The van der Waals surface area contributed by atoms with Crippen LogP contribution in [-0.2, 0) is 6.54 Å². The first-order valence-electron chi connectivity index (χ1n) is 4.88. The second kappa shape index (κ2) is 6.29. The van der Waals surface area contributed by atoms with Crippen LogP contribution < -0.4 is 5.32 Å². The number of terminal acetylenes is 1.